The topological polar surface area (TPSA) is 90.1 Å². The summed E-state index contributed by atoms with van der Waals surface area (Å²) in [4.78, 5) is 22.1. The first-order valence-electron chi connectivity index (χ1n) is 11.5. The molecule has 3 N–H and O–H groups in total. The molecule has 0 saturated heterocycles. The van der Waals surface area contributed by atoms with Crippen LogP contribution in [0.3, 0.4) is 0 Å². The molecule has 1 aromatic heterocycles. The van der Waals surface area contributed by atoms with Crippen LogP contribution in [0, 0.1) is 6.92 Å². The van der Waals surface area contributed by atoms with Crippen molar-refractivity contribution in [3.05, 3.63) is 114 Å². The number of carbonyl (C=O) groups is 1. The van der Waals surface area contributed by atoms with E-state index in [-0.39, 0.29) is 0 Å². The van der Waals surface area contributed by atoms with Crippen LogP contribution < -0.4 is 15.8 Å². The maximum Gasteiger partial charge on any atom is 0.343 e. The van der Waals surface area contributed by atoms with Gasteiger partial charge in [-0.15, -0.1) is 6.58 Å². The molecule has 0 saturated carbocycles. The van der Waals surface area contributed by atoms with Crippen LogP contribution in [0.15, 0.2) is 91.5 Å². The fraction of sp³-hybridized carbons (Fsp3) is 0.138. The minimum absolute atomic E-state index is 0.417. The number of nitrogens with zero attached hydrogens (tertiary/aromatic N) is 2. The molecule has 0 aliphatic rings. The van der Waals surface area contributed by atoms with Crippen LogP contribution >= 0.6 is 0 Å². The second kappa shape index (κ2) is 11.2. The van der Waals surface area contributed by atoms with Crippen LogP contribution in [0.2, 0.25) is 0 Å². The molecule has 4 aromatic rings. The van der Waals surface area contributed by atoms with E-state index in [1.54, 1.807) is 24.3 Å². The number of ether oxygens (including phenoxy) is 1. The van der Waals surface area contributed by atoms with Gasteiger partial charge in [-0.1, -0.05) is 48.5 Å². The second-order valence-corrected chi connectivity index (χ2v) is 8.09. The van der Waals surface area contributed by atoms with E-state index in [9.17, 15) is 4.79 Å². The van der Waals surface area contributed by atoms with Gasteiger partial charge >= 0.3 is 5.97 Å². The quantitative estimate of drug-likeness (QED) is 0.189. The van der Waals surface area contributed by atoms with E-state index >= 15 is 0 Å². The van der Waals surface area contributed by atoms with E-state index in [1.165, 1.54) is 0 Å². The third-order valence-electron chi connectivity index (χ3n) is 5.54. The Kier molecular flexibility index (Phi) is 7.65. The van der Waals surface area contributed by atoms with E-state index in [0.717, 1.165) is 34.5 Å². The molecule has 0 aliphatic heterocycles. The summed E-state index contributed by atoms with van der Waals surface area (Å²) in [5, 5.41) is 3.38. The molecule has 0 unspecified atom stereocenters. The number of allylic oxidation sites excluding steroid dienone is 1. The molecule has 0 aliphatic carbocycles. The number of nitrogens with one attached hydrogen (secondary N) is 1. The highest BCUT2D eigenvalue weighted by atomic mass is 16.5. The van der Waals surface area contributed by atoms with Gasteiger partial charge in [-0.25, -0.2) is 14.8 Å². The van der Waals surface area contributed by atoms with Crippen LogP contribution in [0.1, 0.15) is 27.2 Å². The summed E-state index contributed by atoms with van der Waals surface area (Å²) in [7, 11) is 0. The fourth-order valence-corrected chi connectivity index (χ4v) is 3.69. The van der Waals surface area contributed by atoms with Gasteiger partial charge in [0.15, 0.2) is 5.82 Å². The summed E-state index contributed by atoms with van der Waals surface area (Å²) in [5.74, 6) is 1.44. The molecule has 1 heterocycles. The molecule has 3 aromatic carbocycles. The molecule has 0 bridgehead atoms. The Morgan fingerprint density at radius 1 is 1.00 bits per heavy atom. The molecule has 6 heteroatoms. The summed E-state index contributed by atoms with van der Waals surface area (Å²) in [6, 6.07) is 24.4. The lowest BCUT2D eigenvalue weighted by molar-refractivity contribution is 0.0734. The SMILES string of the molecule is C=CCc1c(C)nc(-c2ccccc2)nc1Nc1ccc(C(=O)Oc2ccc(CCN)cc2)cc1. The highest BCUT2D eigenvalue weighted by molar-refractivity contribution is 5.91. The van der Waals surface area contributed by atoms with Crippen LogP contribution in [0.5, 0.6) is 5.75 Å². The van der Waals surface area contributed by atoms with Crippen molar-refractivity contribution in [3.8, 4) is 17.1 Å². The van der Waals surface area contributed by atoms with Gasteiger partial charge in [0.25, 0.3) is 0 Å². The van der Waals surface area contributed by atoms with Gasteiger partial charge in [-0.05, 0) is 68.3 Å². The van der Waals surface area contributed by atoms with Crippen LogP contribution in [-0.2, 0) is 12.8 Å². The number of nitrogens with two attached hydrogens (primary N) is 1. The van der Waals surface area contributed by atoms with Gasteiger partial charge in [0, 0.05) is 22.5 Å². The summed E-state index contributed by atoms with van der Waals surface area (Å²) >= 11 is 0. The molecular formula is C29H28N4O2. The summed E-state index contributed by atoms with van der Waals surface area (Å²) < 4.78 is 5.50. The van der Waals surface area contributed by atoms with Crippen molar-refractivity contribution in [1.82, 2.24) is 9.97 Å². The highest BCUT2D eigenvalue weighted by Gasteiger charge is 2.14. The average Bonchev–Trinajstić information content (AvgIpc) is 2.88. The minimum Gasteiger partial charge on any atom is -0.423 e. The van der Waals surface area contributed by atoms with Crippen LogP contribution in [-0.4, -0.2) is 22.5 Å². The van der Waals surface area contributed by atoms with Crippen molar-refractivity contribution in [2.45, 2.75) is 19.8 Å². The second-order valence-electron chi connectivity index (χ2n) is 8.09. The largest absolute Gasteiger partial charge is 0.423 e. The van der Waals surface area contributed by atoms with E-state index in [2.05, 4.69) is 11.9 Å². The number of aromatic nitrogens is 2. The number of hydrogen-bond donors (Lipinski definition) is 2. The molecular weight excluding hydrogens is 436 g/mol. The van der Waals surface area contributed by atoms with Crippen molar-refractivity contribution in [3.63, 3.8) is 0 Å². The number of esters is 1. The lowest BCUT2D eigenvalue weighted by Gasteiger charge is -2.14. The Bertz CT molecular complexity index is 1300. The van der Waals surface area contributed by atoms with Crippen molar-refractivity contribution in [2.24, 2.45) is 5.73 Å². The standard InChI is InChI=1S/C29H28N4O2/c1-3-7-26-20(2)31-27(22-8-5-4-6-9-22)33-28(26)32-24-14-12-23(13-15-24)29(34)35-25-16-10-21(11-17-25)18-19-30/h3-6,8-17H,1,7,18-19,30H2,2H3,(H,31,32,33). The third-order valence-corrected chi connectivity index (χ3v) is 5.54. The molecule has 0 amide bonds. The van der Waals surface area contributed by atoms with Gasteiger partial charge in [0.2, 0.25) is 0 Å². The number of carbonyl (C=O) groups excluding carboxylic acids is 1. The lowest BCUT2D eigenvalue weighted by Crippen LogP contribution is -2.09. The highest BCUT2D eigenvalue weighted by Crippen LogP contribution is 2.26. The van der Waals surface area contributed by atoms with Crippen molar-refractivity contribution in [2.75, 3.05) is 11.9 Å². The van der Waals surface area contributed by atoms with E-state index in [0.29, 0.717) is 35.9 Å². The number of benzene rings is 3. The number of hydrogen-bond acceptors (Lipinski definition) is 6. The van der Waals surface area contributed by atoms with E-state index < -0.39 is 5.97 Å². The molecule has 4 rings (SSSR count). The van der Waals surface area contributed by atoms with Gasteiger partial charge in [-0.3, -0.25) is 0 Å². The first-order valence-corrected chi connectivity index (χ1v) is 11.5. The van der Waals surface area contributed by atoms with E-state index in [1.807, 2.05) is 67.6 Å². The minimum atomic E-state index is -0.417. The normalized spacial score (nSPS) is 10.6. The lowest BCUT2D eigenvalue weighted by atomic mass is 10.1. The molecule has 0 spiro atoms. The molecule has 0 radical (unpaired) electrons. The summed E-state index contributed by atoms with van der Waals surface area (Å²) in [6.45, 7) is 6.42. The zero-order valence-corrected chi connectivity index (χ0v) is 19.7. The summed E-state index contributed by atoms with van der Waals surface area (Å²) in [6.07, 6.45) is 3.26. The zero-order valence-electron chi connectivity index (χ0n) is 19.7. The van der Waals surface area contributed by atoms with Gasteiger partial charge in [-0.2, -0.15) is 0 Å². The first-order chi connectivity index (χ1) is 17.1. The Hall–Kier alpha value is -4.29. The zero-order chi connectivity index (χ0) is 24.6. The predicted octanol–water partition coefficient (Wildman–Crippen LogP) is 5.64. The van der Waals surface area contributed by atoms with Crippen molar-refractivity contribution in [1.29, 1.82) is 0 Å². The van der Waals surface area contributed by atoms with Gasteiger partial charge < -0.3 is 15.8 Å². The van der Waals surface area contributed by atoms with Crippen molar-refractivity contribution >= 4 is 17.5 Å². The fourth-order valence-electron chi connectivity index (χ4n) is 3.69. The molecule has 176 valence electrons. The maximum absolute atomic E-state index is 12.6. The van der Waals surface area contributed by atoms with Gasteiger partial charge in [0.1, 0.15) is 11.6 Å². The molecule has 6 nitrogen and oxygen atoms in total. The van der Waals surface area contributed by atoms with Crippen LogP contribution in [0.25, 0.3) is 11.4 Å². The number of aryl methyl sites for hydroxylation is 1. The van der Waals surface area contributed by atoms with Crippen LogP contribution in [0.4, 0.5) is 11.5 Å². The predicted molar refractivity (Wildman–Crippen MR) is 140 cm³/mol. The molecule has 0 atom stereocenters. The first kappa shape index (κ1) is 23.9. The summed E-state index contributed by atoms with van der Waals surface area (Å²) in [5.41, 5.74) is 10.7. The average molecular weight is 465 g/mol. The van der Waals surface area contributed by atoms with Gasteiger partial charge in [0.05, 0.1) is 5.56 Å². The Balaban J connectivity index is 1.52. The maximum atomic E-state index is 12.6. The third kappa shape index (κ3) is 5.99. The number of rotatable bonds is 9. The Morgan fingerprint density at radius 2 is 1.71 bits per heavy atom. The monoisotopic (exact) mass is 464 g/mol. The molecule has 35 heavy (non-hydrogen) atoms. The molecule has 0 fully saturated rings. The Morgan fingerprint density at radius 3 is 2.37 bits per heavy atom. The smallest absolute Gasteiger partial charge is 0.343 e. The Labute approximate surface area is 205 Å². The van der Waals surface area contributed by atoms with Crippen molar-refractivity contribution < 1.29 is 9.53 Å². The number of anilines is 2. The van der Waals surface area contributed by atoms with E-state index in [4.69, 9.17) is 20.4 Å².